The summed E-state index contributed by atoms with van der Waals surface area (Å²) in [6.45, 7) is 11.8. The van der Waals surface area contributed by atoms with Crippen LogP contribution in [0.4, 0.5) is 105 Å². The fraction of sp³-hybridized carbons (Fsp3) is 0.756. The predicted octanol–water partition coefficient (Wildman–Crippen LogP) is 16.6. The lowest BCUT2D eigenvalue weighted by Crippen LogP contribution is -2.61. The third-order valence-corrected chi connectivity index (χ3v) is 25.8. The van der Waals surface area contributed by atoms with Crippen molar-refractivity contribution in [2.24, 2.45) is 80.8 Å². The van der Waals surface area contributed by atoms with Crippen molar-refractivity contribution in [2.75, 3.05) is 39.6 Å². The van der Waals surface area contributed by atoms with Crippen LogP contribution in [0.1, 0.15) is 182 Å². The summed E-state index contributed by atoms with van der Waals surface area (Å²) >= 11 is 0. The molecule has 0 saturated heterocycles. The van der Waals surface area contributed by atoms with Gasteiger partial charge in [0.25, 0.3) is 12.2 Å². The van der Waals surface area contributed by atoms with E-state index in [1.165, 1.54) is 27.7 Å². The zero-order valence-electron chi connectivity index (χ0n) is 69.8. The van der Waals surface area contributed by atoms with Crippen molar-refractivity contribution < 1.29 is 220 Å². The summed E-state index contributed by atoms with van der Waals surface area (Å²) in [6.07, 6.45) is -45.5. The molecule has 16 rings (SSSR count). The molecule has 732 valence electrons. The Morgan fingerprint density at radius 2 is 0.485 bits per heavy atom. The summed E-state index contributed by atoms with van der Waals surface area (Å²) in [5.74, 6) is -20.5. The van der Waals surface area contributed by atoms with E-state index in [1.807, 2.05) is 0 Å². The number of ether oxygens (including phenoxy) is 12. The molecule has 0 radical (unpaired) electrons. The Morgan fingerprint density at radius 3 is 0.738 bits per heavy atom. The monoisotopic (exact) mass is 1920 g/mol. The summed E-state index contributed by atoms with van der Waals surface area (Å²) in [5.41, 5.74) is -8.70. The molecule has 16 aliphatic rings. The Morgan fingerprint density at radius 1 is 0.262 bits per heavy atom. The molecule has 0 spiro atoms. The molecule has 0 aliphatic heterocycles. The third kappa shape index (κ3) is 25.1. The molecule has 8 unspecified atom stereocenters. The maximum Gasteiger partial charge on any atom is 0.434 e. The van der Waals surface area contributed by atoms with Gasteiger partial charge < -0.3 is 56.8 Å². The van der Waals surface area contributed by atoms with Crippen LogP contribution in [0.5, 0.6) is 0 Å². The number of rotatable bonds is 26. The van der Waals surface area contributed by atoms with Crippen LogP contribution in [0.25, 0.3) is 0 Å². The molecule has 16 fully saturated rings. The Hall–Kier alpha value is -9.08. The molecular formula is C82H92F24O24. The van der Waals surface area contributed by atoms with Crippen LogP contribution < -0.4 is 0 Å². The van der Waals surface area contributed by atoms with Crippen molar-refractivity contribution in [1.82, 2.24) is 0 Å². The molecule has 24 nitrogen and oxygen atoms in total. The molecule has 0 aromatic rings. The molecule has 48 heteroatoms. The molecular weight excluding hydrogens is 1820 g/mol. The number of hydrogen-bond acceptors (Lipinski definition) is 24. The molecule has 0 heterocycles. The van der Waals surface area contributed by atoms with Crippen molar-refractivity contribution >= 4 is 71.6 Å². The highest BCUT2D eigenvalue weighted by atomic mass is 19.4. The minimum absolute atomic E-state index is 0.0357. The molecule has 8 atom stereocenters. The van der Waals surface area contributed by atoms with Crippen molar-refractivity contribution in [1.29, 1.82) is 0 Å². The normalized spacial score (nSPS) is 31.1. The first-order valence-electron chi connectivity index (χ1n) is 40.7. The average molecular weight is 1920 g/mol. The molecule has 16 aliphatic carbocycles. The van der Waals surface area contributed by atoms with Crippen LogP contribution in [-0.2, 0) is 114 Å². The lowest BCUT2D eigenvalue weighted by molar-refractivity contribution is -0.318. The second-order valence-corrected chi connectivity index (χ2v) is 37.2. The van der Waals surface area contributed by atoms with Crippen molar-refractivity contribution in [3.8, 4) is 0 Å². The Kier molecular flexibility index (Phi) is 30.1. The summed E-state index contributed by atoms with van der Waals surface area (Å²) in [4.78, 5) is 146. The number of hydrogen-bond donors (Lipinski definition) is 0. The van der Waals surface area contributed by atoms with Crippen LogP contribution in [0.15, 0.2) is 48.6 Å². The Balaban J connectivity index is 0.000000195. The molecule has 0 aromatic carbocycles. The zero-order valence-corrected chi connectivity index (χ0v) is 69.8. The van der Waals surface area contributed by atoms with E-state index in [1.54, 1.807) is 0 Å². The molecule has 0 amide bonds. The van der Waals surface area contributed by atoms with Gasteiger partial charge in [-0.05, 0) is 203 Å². The maximum absolute atomic E-state index is 12.9. The van der Waals surface area contributed by atoms with E-state index in [0.717, 1.165) is 12.8 Å². The number of carbonyl (C=O) groups is 12. The van der Waals surface area contributed by atoms with Crippen molar-refractivity contribution in [3.63, 3.8) is 0 Å². The van der Waals surface area contributed by atoms with Gasteiger partial charge in [0.05, 0.1) is 21.7 Å². The van der Waals surface area contributed by atoms with E-state index < -0.39 is 229 Å². The molecule has 16 saturated carbocycles. The van der Waals surface area contributed by atoms with Crippen molar-refractivity contribution in [3.05, 3.63) is 48.6 Å². The smallest absolute Gasteiger partial charge is 0.434 e. The van der Waals surface area contributed by atoms with Gasteiger partial charge in [0, 0.05) is 48.0 Å². The van der Waals surface area contributed by atoms with E-state index in [-0.39, 0.29) is 121 Å². The van der Waals surface area contributed by atoms with Crippen LogP contribution in [0.2, 0.25) is 0 Å². The lowest BCUT2D eigenvalue weighted by Gasteiger charge is -2.59. The van der Waals surface area contributed by atoms with Crippen LogP contribution in [-0.4, -0.2) is 195 Å². The fourth-order valence-corrected chi connectivity index (χ4v) is 22.6. The lowest BCUT2D eigenvalue weighted by atomic mass is 9.48. The highest BCUT2D eigenvalue weighted by Crippen LogP contribution is 2.68. The number of alkyl halides is 24. The average Bonchev–Trinajstić information content (AvgIpc) is 0.795. The van der Waals surface area contributed by atoms with Gasteiger partial charge in [0.1, 0.15) is 35.6 Å². The first kappa shape index (κ1) is 105. The molecule has 0 aromatic heterocycles. The highest BCUT2D eigenvalue weighted by Gasteiger charge is 2.71. The summed E-state index contributed by atoms with van der Waals surface area (Å²) in [7, 11) is 0. The highest BCUT2D eigenvalue weighted by molar-refractivity contribution is 5.90. The van der Waals surface area contributed by atoms with Gasteiger partial charge in [0.2, 0.25) is 0 Å². The van der Waals surface area contributed by atoms with Gasteiger partial charge in [-0.3, -0.25) is 19.2 Å². The van der Waals surface area contributed by atoms with Gasteiger partial charge >= 0.3 is 121 Å². The number of halogens is 24. The van der Waals surface area contributed by atoms with Crippen molar-refractivity contribution in [2.45, 2.75) is 266 Å². The third-order valence-electron chi connectivity index (χ3n) is 25.8. The van der Waals surface area contributed by atoms with E-state index >= 15 is 0 Å². The largest absolute Gasteiger partial charge is 0.464 e. The van der Waals surface area contributed by atoms with E-state index in [4.69, 9.17) is 37.9 Å². The van der Waals surface area contributed by atoms with Gasteiger partial charge in [-0.1, -0.05) is 26.3 Å². The maximum atomic E-state index is 12.9. The van der Waals surface area contributed by atoms with E-state index in [2.05, 4.69) is 45.3 Å². The van der Waals surface area contributed by atoms with Gasteiger partial charge in [-0.15, -0.1) is 0 Å². The summed E-state index contributed by atoms with van der Waals surface area (Å²) in [6, 6.07) is 0. The van der Waals surface area contributed by atoms with Crippen LogP contribution in [0.3, 0.4) is 0 Å². The summed E-state index contributed by atoms with van der Waals surface area (Å²) in [5, 5.41) is 0. The standard InChI is InChI=1S/2C21H24F6O6.2C20H22F6O6/c1-11(2)16(29)31-9-15(28)33-19-6-12-3-13(7-19)5-18(4-12,10-19)17(30)32-8-14(20(22,23)24)21(25,26)27;1-11(2)16(29)33-19-6-12-3-13(7-19)5-18(4-12,10-19)17(30)32-9-15(28)31-8-14(20(22,23)24)21(25,26)27;1-10(2)14(28)32-18-6-11-3-12(7-18)5-17(4-11,9-18)16(29)30-8-13(27)31-15(19(21,22)23)20(24,25)26;1-10(2)14(28)30-8-13(27)32-18-6-11-3-12(7-18)5-17(4-11,9-18)16(29)31-15(19(21,22)23)20(24,25)26/h2*12-14H,1,3-10H2,2H3;2*11-12,15H,1,3-9H2,2H3. The Bertz CT molecular complexity index is 4260. The molecule has 0 N–H and O–H groups in total. The summed E-state index contributed by atoms with van der Waals surface area (Å²) < 4.78 is 362. The molecule has 130 heavy (non-hydrogen) atoms. The predicted molar refractivity (Wildman–Crippen MR) is 384 cm³/mol. The topological polar surface area (TPSA) is 316 Å². The fourth-order valence-electron chi connectivity index (χ4n) is 22.6. The molecule has 16 bridgehead atoms. The minimum Gasteiger partial charge on any atom is -0.464 e. The van der Waals surface area contributed by atoms with Gasteiger partial charge in [-0.2, -0.15) is 105 Å². The zero-order chi connectivity index (χ0) is 97.9. The second-order valence-electron chi connectivity index (χ2n) is 37.2. The van der Waals surface area contributed by atoms with Crippen LogP contribution in [0, 0.1) is 80.8 Å². The first-order chi connectivity index (χ1) is 59.2. The van der Waals surface area contributed by atoms with Crippen LogP contribution >= 0.6 is 0 Å². The second kappa shape index (κ2) is 37.4. The minimum atomic E-state index is -5.86. The number of carbonyl (C=O) groups excluding carboxylic acids is 12. The quantitative estimate of drug-likeness (QED) is 0.0336. The van der Waals surface area contributed by atoms with Gasteiger partial charge in [-0.25, -0.2) is 38.4 Å². The van der Waals surface area contributed by atoms with E-state index in [0.29, 0.717) is 89.9 Å². The Labute approximate surface area is 724 Å². The first-order valence-corrected chi connectivity index (χ1v) is 40.7. The SMILES string of the molecule is C=C(C)C(=O)OC12CC3CC(C1)CC(C(=O)OCC(=O)OC(C(F)(F)F)C(F)(F)F)(C3)C2.C=C(C)C(=O)OC12CC3CC(C1)CC(C(=O)OCC(=O)OCC(C(F)(F)F)C(F)(F)F)(C3)C2.C=C(C)C(=O)OCC(=O)OC12CC3CC(C1)CC(C(=O)OC(C(F)(F)F)C(F)(F)F)(C3)C2.C=C(C)C(=O)OCC(=O)OC12CC3CC(C1)CC(C(=O)OCC(C(F)(F)F)C(F)(F)F)(C3)C2. The van der Waals surface area contributed by atoms with E-state index in [9.17, 15) is 163 Å². The van der Waals surface area contributed by atoms with Gasteiger partial charge in [0.15, 0.2) is 38.3 Å². The number of esters is 12.